The number of amides is 1. The lowest BCUT2D eigenvalue weighted by Gasteiger charge is -2.21. The predicted molar refractivity (Wildman–Crippen MR) is 124 cm³/mol. The highest BCUT2D eigenvalue weighted by Gasteiger charge is 2.43. The molecule has 3 aromatic heterocycles. The molecule has 0 aliphatic heterocycles. The van der Waals surface area contributed by atoms with Crippen molar-refractivity contribution in [1.82, 2.24) is 30.0 Å². The summed E-state index contributed by atoms with van der Waals surface area (Å²) in [4.78, 5) is 25.8. The molecule has 1 amide bonds. The molecule has 36 heavy (non-hydrogen) atoms. The van der Waals surface area contributed by atoms with Gasteiger partial charge in [0, 0.05) is 35.6 Å². The molecule has 1 atom stereocenters. The molecule has 1 aliphatic carbocycles. The van der Waals surface area contributed by atoms with E-state index >= 15 is 0 Å². The van der Waals surface area contributed by atoms with Gasteiger partial charge in [0.25, 0.3) is 11.9 Å². The molecule has 5 rings (SSSR count). The number of pyridine rings is 1. The first-order valence-electron chi connectivity index (χ1n) is 11.2. The Bertz CT molecular complexity index is 1390. The zero-order valence-electron chi connectivity index (χ0n) is 19.1. The molecule has 4 aromatic rings. The van der Waals surface area contributed by atoms with Crippen molar-refractivity contribution in [2.45, 2.75) is 31.0 Å². The zero-order chi connectivity index (χ0) is 25.3. The molecule has 0 radical (unpaired) electrons. The van der Waals surface area contributed by atoms with Crippen molar-refractivity contribution in [3.63, 3.8) is 0 Å². The summed E-state index contributed by atoms with van der Waals surface area (Å²) in [5, 5.41) is 6.41. The monoisotopic (exact) mass is 494 g/mol. The van der Waals surface area contributed by atoms with Gasteiger partial charge in [0.2, 0.25) is 0 Å². The standard InChI is InChI=1S/C25H21F3N6O2/c1-36-20-7-3-2-6-17(20)19-10-12-30-24(32-19)34-21(15-8-9-15)18(14-31-34)23(35)33-22(25(26,27)28)16-5-4-11-29-13-16/h2-7,10-15,22H,8-9H2,1H3,(H,33,35)/t22-/m1/s1. The second-order valence-corrected chi connectivity index (χ2v) is 8.31. The summed E-state index contributed by atoms with van der Waals surface area (Å²) < 4.78 is 48.2. The first kappa shape index (κ1) is 23.5. The van der Waals surface area contributed by atoms with Crippen LogP contribution in [0.1, 0.15) is 46.4 Å². The second-order valence-electron chi connectivity index (χ2n) is 8.31. The topological polar surface area (TPSA) is 94.8 Å². The lowest BCUT2D eigenvalue weighted by molar-refractivity contribution is -0.155. The molecule has 0 bridgehead atoms. The third kappa shape index (κ3) is 4.64. The van der Waals surface area contributed by atoms with Crippen LogP contribution in [-0.2, 0) is 0 Å². The summed E-state index contributed by atoms with van der Waals surface area (Å²) in [5.74, 6) is -0.0811. The Balaban J connectivity index is 1.50. The number of halogens is 3. The fourth-order valence-corrected chi connectivity index (χ4v) is 4.01. The molecular formula is C25H21F3N6O2. The number of rotatable bonds is 7. The Morgan fingerprint density at radius 3 is 2.61 bits per heavy atom. The molecule has 184 valence electrons. The predicted octanol–water partition coefficient (Wildman–Crippen LogP) is 4.64. The number of carbonyl (C=O) groups excluding carboxylic acids is 1. The summed E-state index contributed by atoms with van der Waals surface area (Å²) in [6.45, 7) is 0. The molecule has 0 spiro atoms. The number of nitrogens with zero attached hydrogens (tertiary/aromatic N) is 5. The van der Waals surface area contributed by atoms with Crippen molar-refractivity contribution in [2.75, 3.05) is 7.11 Å². The minimum absolute atomic E-state index is 0.0329. The number of para-hydroxylation sites is 1. The number of methoxy groups -OCH3 is 1. The Morgan fingerprint density at radius 2 is 1.92 bits per heavy atom. The number of aromatic nitrogens is 5. The van der Waals surface area contributed by atoms with E-state index in [-0.39, 0.29) is 23.0 Å². The molecule has 11 heteroatoms. The van der Waals surface area contributed by atoms with Crippen LogP contribution in [0, 0.1) is 0 Å². The van der Waals surface area contributed by atoms with Gasteiger partial charge in [0.05, 0.1) is 30.3 Å². The summed E-state index contributed by atoms with van der Waals surface area (Å²) in [6, 6.07) is 9.52. The van der Waals surface area contributed by atoms with Crippen LogP contribution in [0.3, 0.4) is 0 Å². The highest BCUT2D eigenvalue weighted by molar-refractivity contribution is 5.96. The summed E-state index contributed by atoms with van der Waals surface area (Å²) >= 11 is 0. The highest BCUT2D eigenvalue weighted by Crippen LogP contribution is 2.43. The average molecular weight is 494 g/mol. The first-order valence-corrected chi connectivity index (χ1v) is 11.2. The first-order chi connectivity index (χ1) is 17.4. The third-order valence-electron chi connectivity index (χ3n) is 5.85. The average Bonchev–Trinajstić information content (AvgIpc) is 3.64. The third-order valence-corrected chi connectivity index (χ3v) is 5.85. The van der Waals surface area contributed by atoms with Crippen molar-refractivity contribution in [2.24, 2.45) is 0 Å². The van der Waals surface area contributed by atoms with E-state index in [9.17, 15) is 18.0 Å². The molecule has 8 nitrogen and oxygen atoms in total. The van der Waals surface area contributed by atoms with Gasteiger partial charge in [-0.2, -0.15) is 18.3 Å². The number of nitrogens with one attached hydrogen (secondary N) is 1. The van der Waals surface area contributed by atoms with Crippen molar-refractivity contribution < 1.29 is 22.7 Å². The van der Waals surface area contributed by atoms with Crippen molar-refractivity contribution in [3.8, 4) is 23.0 Å². The summed E-state index contributed by atoms with van der Waals surface area (Å²) in [6.07, 6.45) is 2.13. The van der Waals surface area contributed by atoms with Crippen molar-refractivity contribution in [3.05, 3.63) is 84.1 Å². The van der Waals surface area contributed by atoms with Crippen LogP contribution in [0.5, 0.6) is 5.75 Å². The molecule has 1 fully saturated rings. The van der Waals surface area contributed by atoms with E-state index in [1.807, 2.05) is 24.3 Å². The molecular weight excluding hydrogens is 473 g/mol. The van der Waals surface area contributed by atoms with E-state index in [0.29, 0.717) is 17.1 Å². The zero-order valence-corrected chi connectivity index (χ0v) is 19.1. The Labute approximate surface area is 204 Å². The van der Waals surface area contributed by atoms with E-state index in [1.54, 1.807) is 19.4 Å². The highest BCUT2D eigenvalue weighted by atomic mass is 19.4. The lowest BCUT2D eigenvalue weighted by Crippen LogP contribution is -2.38. The van der Waals surface area contributed by atoms with Crippen LogP contribution in [0.4, 0.5) is 13.2 Å². The normalized spacial score (nSPS) is 14.3. The van der Waals surface area contributed by atoms with Gasteiger partial charge in [-0.25, -0.2) is 14.6 Å². The van der Waals surface area contributed by atoms with Gasteiger partial charge < -0.3 is 10.1 Å². The smallest absolute Gasteiger partial charge is 0.412 e. The number of hydrogen-bond donors (Lipinski definition) is 1. The van der Waals surface area contributed by atoms with Gasteiger partial charge >= 0.3 is 6.18 Å². The molecule has 1 aromatic carbocycles. The van der Waals surface area contributed by atoms with E-state index in [0.717, 1.165) is 24.6 Å². The van der Waals surface area contributed by atoms with E-state index < -0.39 is 18.1 Å². The van der Waals surface area contributed by atoms with Crippen LogP contribution in [0.25, 0.3) is 17.2 Å². The maximum Gasteiger partial charge on any atom is 0.412 e. The van der Waals surface area contributed by atoms with Crippen LogP contribution >= 0.6 is 0 Å². The SMILES string of the molecule is COc1ccccc1-c1ccnc(-n2ncc(C(=O)N[C@H](c3cccnc3)C(F)(F)F)c2C2CC2)n1. The molecule has 0 unspecified atom stereocenters. The summed E-state index contributed by atoms with van der Waals surface area (Å²) in [5.41, 5.74) is 1.70. The van der Waals surface area contributed by atoms with Gasteiger partial charge in [0.1, 0.15) is 5.75 Å². The Hall–Kier alpha value is -4.28. The maximum atomic E-state index is 13.8. The Morgan fingerprint density at radius 1 is 1.11 bits per heavy atom. The van der Waals surface area contributed by atoms with Crippen LogP contribution < -0.4 is 10.1 Å². The molecule has 1 saturated carbocycles. The fraction of sp³-hybridized carbons (Fsp3) is 0.240. The molecule has 1 aliphatic rings. The Kier molecular flexibility index (Phi) is 6.13. The number of hydrogen-bond acceptors (Lipinski definition) is 6. The fourth-order valence-electron chi connectivity index (χ4n) is 4.01. The van der Waals surface area contributed by atoms with E-state index in [2.05, 4.69) is 25.4 Å². The molecule has 0 saturated heterocycles. The van der Waals surface area contributed by atoms with Crippen molar-refractivity contribution >= 4 is 5.91 Å². The van der Waals surface area contributed by atoms with E-state index in [1.165, 1.54) is 29.2 Å². The van der Waals surface area contributed by atoms with Crippen molar-refractivity contribution in [1.29, 1.82) is 0 Å². The van der Waals surface area contributed by atoms with Gasteiger partial charge in [-0.1, -0.05) is 18.2 Å². The minimum Gasteiger partial charge on any atom is -0.496 e. The number of benzene rings is 1. The van der Waals surface area contributed by atoms with Gasteiger partial charge in [-0.05, 0) is 37.1 Å². The van der Waals surface area contributed by atoms with E-state index in [4.69, 9.17) is 4.74 Å². The van der Waals surface area contributed by atoms with Gasteiger partial charge in [0.15, 0.2) is 6.04 Å². The van der Waals surface area contributed by atoms with Crippen LogP contribution in [0.2, 0.25) is 0 Å². The van der Waals surface area contributed by atoms with Gasteiger partial charge in [-0.3, -0.25) is 9.78 Å². The minimum atomic E-state index is -4.71. The quantitative estimate of drug-likeness (QED) is 0.402. The van der Waals surface area contributed by atoms with Gasteiger partial charge in [-0.15, -0.1) is 0 Å². The van der Waals surface area contributed by atoms with Crippen LogP contribution in [0.15, 0.2) is 67.3 Å². The summed E-state index contributed by atoms with van der Waals surface area (Å²) in [7, 11) is 1.56. The molecule has 1 N–H and O–H groups in total. The largest absolute Gasteiger partial charge is 0.496 e. The number of carbonyl (C=O) groups is 1. The second kappa shape index (κ2) is 9.40. The number of alkyl halides is 3. The lowest BCUT2D eigenvalue weighted by atomic mass is 10.1. The maximum absolute atomic E-state index is 13.8. The van der Waals surface area contributed by atoms with Crippen LogP contribution in [-0.4, -0.2) is 43.9 Å². The number of ether oxygens (including phenoxy) is 1. The molecule has 3 heterocycles.